The minimum Gasteiger partial charge on any atom is -0.228 e. The van der Waals surface area contributed by atoms with E-state index in [2.05, 4.69) is 0 Å². The van der Waals surface area contributed by atoms with Gasteiger partial charge in [-0.1, -0.05) is 13.0 Å². The minimum absolute atomic E-state index is 0.123. The number of nitriles is 1. The van der Waals surface area contributed by atoms with Crippen LogP contribution in [0.1, 0.15) is 31.4 Å². The summed E-state index contributed by atoms with van der Waals surface area (Å²) < 4.78 is 36.7. The van der Waals surface area contributed by atoms with E-state index in [1.165, 1.54) is 12.1 Å². The summed E-state index contributed by atoms with van der Waals surface area (Å²) in [7, 11) is -3.23. The van der Waals surface area contributed by atoms with Crippen LogP contribution in [-0.2, 0) is 15.6 Å². The average molecular weight is 255 g/mol. The van der Waals surface area contributed by atoms with Crippen LogP contribution < -0.4 is 0 Å². The van der Waals surface area contributed by atoms with Crippen LogP contribution in [0, 0.1) is 17.1 Å². The van der Waals surface area contributed by atoms with Crippen molar-refractivity contribution in [3.63, 3.8) is 0 Å². The third kappa shape index (κ3) is 3.27. The fraction of sp³-hybridized carbons (Fsp3) is 0.417. The van der Waals surface area contributed by atoms with E-state index >= 15 is 0 Å². The molecule has 92 valence electrons. The molecule has 3 nitrogen and oxygen atoms in total. The molecule has 0 aliphatic rings. The molecule has 0 saturated heterocycles. The van der Waals surface area contributed by atoms with Crippen LogP contribution in [0.3, 0.4) is 0 Å². The van der Waals surface area contributed by atoms with E-state index < -0.39 is 20.9 Å². The fourth-order valence-corrected chi connectivity index (χ4v) is 2.81. The number of benzene rings is 1. The molecule has 0 radical (unpaired) electrons. The van der Waals surface area contributed by atoms with Gasteiger partial charge in [0, 0.05) is 0 Å². The van der Waals surface area contributed by atoms with Gasteiger partial charge in [0.1, 0.15) is 11.9 Å². The number of hydrogen-bond donors (Lipinski definition) is 0. The monoisotopic (exact) mass is 255 g/mol. The molecular formula is C12H14FNO2S. The van der Waals surface area contributed by atoms with Gasteiger partial charge in [0.2, 0.25) is 0 Å². The summed E-state index contributed by atoms with van der Waals surface area (Å²) >= 11 is 0. The van der Waals surface area contributed by atoms with Crippen molar-refractivity contribution in [1.29, 1.82) is 5.26 Å². The van der Waals surface area contributed by atoms with Crippen LogP contribution in [-0.4, -0.2) is 13.7 Å². The molecule has 0 aliphatic heterocycles. The largest absolute Gasteiger partial charge is 0.228 e. The van der Waals surface area contributed by atoms with Gasteiger partial charge >= 0.3 is 0 Å². The molecule has 0 spiro atoms. The summed E-state index contributed by atoms with van der Waals surface area (Å²) in [6.07, 6.45) is 0.536. The van der Waals surface area contributed by atoms with Crippen LogP contribution >= 0.6 is 0 Å². The zero-order valence-electron chi connectivity index (χ0n) is 9.77. The SMILES string of the molecule is CCC(C)S(=O)(=O)Cc1ccc(F)c(C#N)c1. The fourth-order valence-electron chi connectivity index (χ4n) is 1.38. The van der Waals surface area contributed by atoms with Crippen molar-refractivity contribution in [3.05, 3.63) is 35.1 Å². The number of halogens is 1. The van der Waals surface area contributed by atoms with Crippen molar-refractivity contribution in [1.82, 2.24) is 0 Å². The lowest BCUT2D eigenvalue weighted by Gasteiger charge is -2.10. The molecule has 1 unspecified atom stereocenters. The average Bonchev–Trinajstić information content (AvgIpc) is 2.30. The second-order valence-corrected chi connectivity index (χ2v) is 6.37. The molecule has 5 heteroatoms. The molecule has 1 rings (SSSR count). The van der Waals surface area contributed by atoms with Crippen LogP contribution in [0.15, 0.2) is 18.2 Å². The Morgan fingerprint density at radius 2 is 2.12 bits per heavy atom. The zero-order chi connectivity index (χ0) is 13.1. The highest BCUT2D eigenvalue weighted by Crippen LogP contribution is 2.16. The first kappa shape index (κ1) is 13.7. The molecule has 0 fully saturated rings. The van der Waals surface area contributed by atoms with Gasteiger partial charge in [0.05, 0.1) is 16.6 Å². The molecule has 0 amide bonds. The molecule has 1 aromatic rings. The molecule has 0 saturated carbocycles. The van der Waals surface area contributed by atoms with E-state index in [0.29, 0.717) is 12.0 Å². The van der Waals surface area contributed by atoms with Gasteiger partial charge in [-0.3, -0.25) is 0 Å². The van der Waals surface area contributed by atoms with Crippen LogP contribution in [0.4, 0.5) is 4.39 Å². The third-order valence-corrected chi connectivity index (χ3v) is 5.00. The van der Waals surface area contributed by atoms with Crippen LogP contribution in [0.25, 0.3) is 0 Å². The maximum Gasteiger partial charge on any atom is 0.157 e. The second kappa shape index (κ2) is 5.28. The van der Waals surface area contributed by atoms with Crippen LogP contribution in [0.2, 0.25) is 0 Å². The Bertz CT molecular complexity index is 546. The highest BCUT2D eigenvalue weighted by Gasteiger charge is 2.19. The van der Waals surface area contributed by atoms with E-state index in [0.717, 1.165) is 6.07 Å². The smallest absolute Gasteiger partial charge is 0.157 e. The summed E-state index contributed by atoms with van der Waals surface area (Å²) in [4.78, 5) is 0. The molecular weight excluding hydrogens is 241 g/mol. The third-order valence-electron chi connectivity index (χ3n) is 2.71. The number of nitrogens with zero attached hydrogens (tertiary/aromatic N) is 1. The predicted octanol–water partition coefficient (Wildman–Crippen LogP) is 2.41. The molecule has 17 heavy (non-hydrogen) atoms. The number of hydrogen-bond acceptors (Lipinski definition) is 3. The van der Waals surface area contributed by atoms with Crippen molar-refractivity contribution >= 4 is 9.84 Å². The summed E-state index contributed by atoms with van der Waals surface area (Å²) in [5.74, 6) is -0.783. The van der Waals surface area contributed by atoms with Gasteiger partial charge in [-0.15, -0.1) is 0 Å². The quantitative estimate of drug-likeness (QED) is 0.830. The molecule has 1 aromatic carbocycles. The standard InChI is InChI=1S/C12H14FNO2S/c1-3-9(2)17(15,16)8-10-4-5-12(13)11(6-10)7-14/h4-6,9H,3,8H2,1-2H3. The summed E-state index contributed by atoms with van der Waals surface area (Å²) in [6.45, 7) is 3.44. The first-order valence-electron chi connectivity index (χ1n) is 5.30. The summed E-state index contributed by atoms with van der Waals surface area (Å²) in [5, 5.41) is 8.22. The van der Waals surface area contributed by atoms with E-state index in [1.54, 1.807) is 19.9 Å². The molecule has 0 N–H and O–H groups in total. The Hall–Kier alpha value is -1.41. The van der Waals surface area contributed by atoms with E-state index in [4.69, 9.17) is 5.26 Å². The second-order valence-electron chi connectivity index (χ2n) is 3.95. The van der Waals surface area contributed by atoms with Crippen molar-refractivity contribution in [2.24, 2.45) is 0 Å². The maximum absolute atomic E-state index is 13.1. The van der Waals surface area contributed by atoms with E-state index in [-0.39, 0.29) is 11.3 Å². The van der Waals surface area contributed by atoms with Gasteiger partial charge in [-0.2, -0.15) is 5.26 Å². The topological polar surface area (TPSA) is 57.9 Å². The minimum atomic E-state index is -3.23. The normalized spacial score (nSPS) is 13.1. The van der Waals surface area contributed by atoms with Gasteiger partial charge < -0.3 is 0 Å². The lowest BCUT2D eigenvalue weighted by molar-refractivity contribution is 0.580. The Balaban J connectivity index is 3.02. The van der Waals surface area contributed by atoms with Gasteiger partial charge in [-0.05, 0) is 31.0 Å². The zero-order valence-corrected chi connectivity index (χ0v) is 10.6. The van der Waals surface area contributed by atoms with E-state index in [1.807, 2.05) is 0 Å². The predicted molar refractivity (Wildman–Crippen MR) is 63.5 cm³/mol. The van der Waals surface area contributed by atoms with Crippen molar-refractivity contribution in [2.45, 2.75) is 31.3 Å². The van der Waals surface area contributed by atoms with Gasteiger partial charge in [0.25, 0.3) is 0 Å². The highest BCUT2D eigenvalue weighted by molar-refractivity contribution is 7.91. The number of sulfone groups is 1. The molecule has 0 bridgehead atoms. The maximum atomic E-state index is 13.1. The Kier molecular flexibility index (Phi) is 4.24. The number of rotatable bonds is 4. The Morgan fingerprint density at radius 1 is 1.47 bits per heavy atom. The highest BCUT2D eigenvalue weighted by atomic mass is 32.2. The Morgan fingerprint density at radius 3 is 2.65 bits per heavy atom. The summed E-state index contributed by atoms with van der Waals surface area (Å²) in [6, 6.07) is 5.51. The molecule has 0 heterocycles. The lowest BCUT2D eigenvalue weighted by atomic mass is 10.1. The van der Waals surface area contributed by atoms with Gasteiger partial charge in [-0.25, -0.2) is 12.8 Å². The van der Waals surface area contributed by atoms with E-state index in [9.17, 15) is 12.8 Å². The Labute approximate surface area is 101 Å². The first-order valence-corrected chi connectivity index (χ1v) is 7.02. The molecule has 0 aromatic heterocycles. The van der Waals surface area contributed by atoms with Crippen molar-refractivity contribution < 1.29 is 12.8 Å². The van der Waals surface area contributed by atoms with Crippen molar-refractivity contribution in [2.75, 3.05) is 0 Å². The summed E-state index contributed by atoms with van der Waals surface area (Å²) in [5.41, 5.74) is 0.324. The molecule has 1 atom stereocenters. The van der Waals surface area contributed by atoms with Crippen LogP contribution in [0.5, 0.6) is 0 Å². The lowest BCUT2D eigenvalue weighted by Crippen LogP contribution is -2.18. The van der Waals surface area contributed by atoms with Crippen molar-refractivity contribution in [3.8, 4) is 6.07 Å². The first-order chi connectivity index (χ1) is 7.90. The van der Waals surface area contributed by atoms with Gasteiger partial charge in [0.15, 0.2) is 9.84 Å². The molecule has 0 aliphatic carbocycles.